The zero-order valence-electron chi connectivity index (χ0n) is 18.5. The number of hydrogen-bond acceptors (Lipinski definition) is 5. The number of ether oxygens (including phenoxy) is 2. The average molecular weight is 446 g/mol. The summed E-state index contributed by atoms with van der Waals surface area (Å²) in [6, 6.07) is 3.80. The number of likely N-dealkylation sites (N-methyl/N-ethyl adjacent to an activating group) is 1. The molecule has 2 amide bonds. The standard InChI is InChI=1S/C21H29F3N2O5/c1-13(2)11-16(18(28)26(6)12-17(27)31-20(3,4)5)30-19(29)25-15-9-7-14(8-10-15)21(22,23)24/h7-10,13,16H,11-12H2,1-6H3,(H,25,29). The van der Waals surface area contributed by atoms with Crippen molar-refractivity contribution in [2.24, 2.45) is 5.92 Å². The van der Waals surface area contributed by atoms with Crippen LogP contribution < -0.4 is 5.32 Å². The number of anilines is 1. The smallest absolute Gasteiger partial charge is 0.416 e. The quantitative estimate of drug-likeness (QED) is 0.625. The third-order valence-electron chi connectivity index (χ3n) is 3.83. The van der Waals surface area contributed by atoms with Crippen LogP contribution in [0.5, 0.6) is 0 Å². The van der Waals surface area contributed by atoms with Gasteiger partial charge >= 0.3 is 18.2 Å². The number of halogens is 3. The molecule has 1 N–H and O–H groups in total. The third kappa shape index (κ3) is 9.71. The summed E-state index contributed by atoms with van der Waals surface area (Å²) in [5, 5.41) is 2.30. The Bertz CT molecular complexity index is 771. The van der Waals surface area contributed by atoms with E-state index in [4.69, 9.17) is 9.47 Å². The maximum atomic E-state index is 12.7. The third-order valence-corrected chi connectivity index (χ3v) is 3.83. The molecule has 0 aliphatic rings. The van der Waals surface area contributed by atoms with Gasteiger partial charge in [0.05, 0.1) is 5.56 Å². The number of amides is 2. The molecule has 0 heterocycles. The van der Waals surface area contributed by atoms with Gasteiger partial charge in [-0.15, -0.1) is 0 Å². The molecule has 0 radical (unpaired) electrons. The number of nitrogens with one attached hydrogen (secondary N) is 1. The lowest BCUT2D eigenvalue weighted by Crippen LogP contribution is -2.43. The maximum absolute atomic E-state index is 12.7. The lowest BCUT2D eigenvalue weighted by atomic mass is 10.1. The highest BCUT2D eigenvalue weighted by Gasteiger charge is 2.31. The lowest BCUT2D eigenvalue weighted by molar-refractivity contribution is -0.159. The van der Waals surface area contributed by atoms with Gasteiger partial charge in [0.25, 0.3) is 5.91 Å². The predicted octanol–water partition coefficient (Wildman–Crippen LogP) is 4.47. The van der Waals surface area contributed by atoms with E-state index in [1.54, 1.807) is 20.8 Å². The first-order chi connectivity index (χ1) is 14.1. The van der Waals surface area contributed by atoms with Crippen molar-refractivity contribution in [1.29, 1.82) is 0 Å². The molecule has 174 valence electrons. The molecule has 7 nitrogen and oxygen atoms in total. The fourth-order valence-electron chi connectivity index (χ4n) is 2.54. The van der Waals surface area contributed by atoms with Gasteiger partial charge in [-0.3, -0.25) is 14.9 Å². The Labute approximate surface area is 179 Å². The van der Waals surface area contributed by atoms with Crippen LogP contribution in [0.25, 0.3) is 0 Å². The Morgan fingerprint density at radius 3 is 2.06 bits per heavy atom. The van der Waals surface area contributed by atoms with E-state index in [0.717, 1.165) is 29.2 Å². The zero-order valence-corrected chi connectivity index (χ0v) is 18.5. The Balaban J connectivity index is 2.79. The van der Waals surface area contributed by atoms with Crippen molar-refractivity contribution in [2.75, 3.05) is 18.9 Å². The van der Waals surface area contributed by atoms with Crippen molar-refractivity contribution in [1.82, 2.24) is 4.90 Å². The normalized spacial score (nSPS) is 12.8. The molecule has 0 saturated heterocycles. The van der Waals surface area contributed by atoms with Crippen molar-refractivity contribution < 1.29 is 37.0 Å². The van der Waals surface area contributed by atoms with Crippen molar-refractivity contribution in [3.05, 3.63) is 29.8 Å². The van der Waals surface area contributed by atoms with E-state index in [1.807, 2.05) is 13.8 Å². The van der Waals surface area contributed by atoms with Gasteiger partial charge in [-0.2, -0.15) is 13.2 Å². The van der Waals surface area contributed by atoms with Gasteiger partial charge in [0.15, 0.2) is 6.10 Å². The number of carbonyl (C=O) groups is 3. The SMILES string of the molecule is CC(C)CC(OC(=O)Nc1ccc(C(F)(F)F)cc1)C(=O)N(C)CC(=O)OC(C)(C)C. The van der Waals surface area contributed by atoms with E-state index in [2.05, 4.69) is 5.32 Å². The minimum absolute atomic E-state index is 0.0113. The van der Waals surface area contributed by atoms with Gasteiger partial charge in [0.1, 0.15) is 12.1 Å². The minimum atomic E-state index is -4.49. The molecule has 0 aliphatic heterocycles. The number of rotatable bonds is 7. The van der Waals surface area contributed by atoms with Crippen LogP contribution >= 0.6 is 0 Å². The van der Waals surface area contributed by atoms with Gasteiger partial charge < -0.3 is 14.4 Å². The van der Waals surface area contributed by atoms with Gasteiger partial charge in [-0.05, 0) is 57.4 Å². The van der Waals surface area contributed by atoms with Crippen LogP contribution in [-0.4, -0.2) is 48.2 Å². The summed E-state index contributed by atoms with van der Waals surface area (Å²) in [6.45, 7) is 8.42. The molecule has 0 fully saturated rings. The molecule has 0 bridgehead atoms. The summed E-state index contributed by atoms with van der Waals surface area (Å²) >= 11 is 0. The van der Waals surface area contributed by atoms with E-state index in [-0.39, 0.29) is 24.6 Å². The zero-order chi connectivity index (χ0) is 24.0. The molecule has 0 spiro atoms. The highest BCUT2D eigenvalue weighted by Crippen LogP contribution is 2.29. The highest BCUT2D eigenvalue weighted by molar-refractivity contribution is 5.90. The Morgan fingerprint density at radius 1 is 1.06 bits per heavy atom. The van der Waals surface area contributed by atoms with E-state index in [9.17, 15) is 27.6 Å². The number of hydrogen-bond donors (Lipinski definition) is 1. The molecule has 1 atom stereocenters. The minimum Gasteiger partial charge on any atom is -0.459 e. The summed E-state index contributed by atoms with van der Waals surface area (Å²) < 4.78 is 48.3. The Morgan fingerprint density at radius 2 is 1.61 bits per heavy atom. The van der Waals surface area contributed by atoms with Crippen molar-refractivity contribution in [3.63, 3.8) is 0 Å². The maximum Gasteiger partial charge on any atom is 0.416 e. The second-order valence-corrected chi connectivity index (χ2v) is 8.50. The lowest BCUT2D eigenvalue weighted by Gasteiger charge is -2.26. The number of carbonyl (C=O) groups excluding carboxylic acids is 3. The Hall–Kier alpha value is -2.78. The van der Waals surface area contributed by atoms with E-state index < -0.39 is 41.4 Å². The van der Waals surface area contributed by atoms with Crippen LogP contribution in [0.15, 0.2) is 24.3 Å². The van der Waals surface area contributed by atoms with Crippen LogP contribution in [0.4, 0.5) is 23.7 Å². The monoisotopic (exact) mass is 446 g/mol. The Kier molecular flexibility index (Phi) is 8.89. The van der Waals surface area contributed by atoms with Crippen LogP contribution in [0, 0.1) is 5.92 Å². The topological polar surface area (TPSA) is 84.9 Å². The van der Waals surface area contributed by atoms with E-state index >= 15 is 0 Å². The molecule has 0 saturated carbocycles. The van der Waals surface area contributed by atoms with Gasteiger partial charge in [0, 0.05) is 12.7 Å². The van der Waals surface area contributed by atoms with E-state index in [1.165, 1.54) is 7.05 Å². The summed E-state index contributed by atoms with van der Waals surface area (Å²) in [6.07, 6.45) is -6.48. The molecule has 31 heavy (non-hydrogen) atoms. The molecule has 1 aromatic carbocycles. The highest BCUT2D eigenvalue weighted by atomic mass is 19.4. The van der Waals surface area contributed by atoms with Crippen molar-refractivity contribution in [3.8, 4) is 0 Å². The summed E-state index contributed by atoms with van der Waals surface area (Å²) in [4.78, 5) is 38.0. The van der Waals surface area contributed by atoms with Crippen molar-refractivity contribution >= 4 is 23.7 Å². The molecule has 1 rings (SSSR count). The van der Waals surface area contributed by atoms with Gasteiger partial charge in [-0.1, -0.05) is 13.8 Å². The molecule has 0 aromatic heterocycles. The van der Waals surface area contributed by atoms with Crippen LogP contribution in [0.2, 0.25) is 0 Å². The largest absolute Gasteiger partial charge is 0.459 e. The number of alkyl halides is 3. The number of benzene rings is 1. The number of esters is 1. The fourth-order valence-corrected chi connectivity index (χ4v) is 2.54. The van der Waals surface area contributed by atoms with Crippen LogP contribution in [0.1, 0.15) is 46.6 Å². The summed E-state index contributed by atoms with van der Waals surface area (Å²) in [7, 11) is 1.39. The molecule has 0 aliphatic carbocycles. The van der Waals surface area contributed by atoms with Gasteiger partial charge in [-0.25, -0.2) is 4.79 Å². The first-order valence-electron chi connectivity index (χ1n) is 9.70. The predicted molar refractivity (Wildman–Crippen MR) is 108 cm³/mol. The molecule has 10 heteroatoms. The van der Waals surface area contributed by atoms with Crippen LogP contribution in [0.3, 0.4) is 0 Å². The van der Waals surface area contributed by atoms with E-state index in [0.29, 0.717) is 0 Å². The second-order valence-electron chi connectivity index (χ2n) is 8.50. The summed E-state index contributed by atoms with van der Waals surface area (Å²) in [5.74, 6) is -1.22. The molecular formula is C21H29F3N2O5. The summed E-state index contributed by atoms with van der Waals surface area (Å²) in [5.41, 5.74) is -1.49. The molecule has 1 aromatic rings. The fraction of sp³-hybridized carbons (Fsp3) is 0.571. The molecule has 1 unspecified atom stereocenters. The number of nitrogens with zero attached hydrogens (tertiary/aromatic N) is 1. The van der Waals surface area contributed by atoms with Crippen LogP contribution in [-0.2, 0) is 25.2 Å². The van der Waals surface area contributed by atoms with Crippen molar-refractivity contribution in [2.45, 2.75) is 58.9 Å². The second kappa shape index (κ2) is 10.5. The molecular weight excluding hydrogens is 417 g/mol. The van der Waals surface area contributed by atoms with Gasteiger partial charge in [0.2, 0.25) is 0 Å². The average Bonchev–Trinajstić information content (AvgIpc) is 2.57. The first kappa shape index (κ1) is 26.3. The first-order valence-corrected chi connectivity index (χ1v) is 9.70.